The molecule has 148 valence electrons. The molecule has 0 saturated heterocycles. The van der Waals surface area contributed by atoms with E-state index < -0.39 is 12.1 Å². The third-order valence-electron chi connectivity index (χ3n) is 5.57. The van der Waals surface area contributed by atoms with Crippen LogP contribution in [-0.4, -0.2) is 26.5 Å². The van der Waals surface area contributed by atoms with Gasteiger partial charge in [-0.1, -0.05) is 38.3 Å². The molecular weight excluding hydrogens is 341 g/mol. The summed E-state index contributed by atoms with van der Waals surface area (Å²) in [5, 5.41) is 0. The van der Waals surface area contributed by atoms with Crippen molar-refractivity contribution in [1.82, 2.24) is 0 Å². The van der Waals surface area contributed by atoms with Crippen LogP contribution in [0.15, 0.2) is 24.3 Å². The summed E-state index contributed by atoms with van der Waals surface area (Å²) in [6.45, 7) is 3.07. The largest absolute Gasteiger partial charge is 0.493 e. The quantitative estimate of drug-likeness (QED) is 0.526. The van der Waals surface area contributed by atoms with Gasteiger partial charge in [0.1, 0.15) is 5.75 Å². The fourth-order valence-electron chi connectivity index (χ4n) is 3.67. The van der Waals surface area contributed by atoms with Crippen molar-refractivity contribution in [2.24, 2.45) is 17.8 Å². The van der Waals surface area contributed by atoms with Crippen molar-refractivity contribution in [2.75, 3.05) is 20.3 Å². The van der Waals surface area contributed by atoms with Gasteiger partial charge in [0.25, 0.3) is 0 Å². The molecule has 0 N–H and O–H groups in total. The van der Waals surface area contributed by atoms with E-state index in [1.807, 2.05) is 0 Å². The van der Waals surface area contributed by atoms with Crippen LogP contribution in [0.25, 0.3) is 0 Å². The number of rotatable bonds is 9. The van der Waals surface area contributed by atoms with Crippen LogP contribution in [0, 0.1) is 17.8 Å². The van der Waals surface area contributed by atoms with Gasteiger partial charge in [-0.05, 0) is 55.2 Å². The van der Waals surface area contributed by atoms with Crippen LogP contribution in [0.3, 0.4) is 0 Å². The van der Waals surface area contributed by atoms with Crippen LogP contribution >= 0.6 is 0 Å². The predicted molar refractivity (Wildman–Crippen MR) is 97.4 cm³/mol. The lowest BCUT2D eigenvalue weighted by Crippen LogP contribution is -2.26. The molecule has 0 aromatic heterocycles. The zero-order valence-electron chi connectivity index (χ0n) is 15.9. The molecule has 1 aliphatic carbocycles. The van der Waals surface area contributed by atoms with Crippen LogP contribution < -0.4 is 4.74 Å². The number of methoxy groups -OCH3 is 1. The first-order valence-electron chi connectivity index (χ1n) is 9.69. The first-order valence-corrected chi connectivity index (χ1v) is 9.69. The van der Waals surface area contributed by atoms with Crippen LogP contribution in [0.2, 0.25) is 0 Å². The number of hydrogen-bond donors (Lipinski definition) is 0. The second-order valence-corrected chi connectivity index (χ2v) is 7.47. The fourth-order valence-corrected chi connectivity index (χ4v) is 3.67. The second-order valence-electron chi connectivity index (χ2n) is 7.47. The minimum absolute atomic E-state index is 0.0152. The third kappa shape index (κ3) is 6.82. The van der Waals surface area contributed by atoms with Crippen LogP contribution in [0.1, 0.15) is 51.0 Å². The summed E-state index contributed by atoms with van der Waals surface area (Å²) < 4.78 is 50.0. The summed E-state index contributed by atoms with van der Waals surface area (Å²) in [5.74, 6) is 0.834. The van der Waals surface area contributed by atoms with E-state index in [0.29, 0.717) is 18.1 Å². The number of benzene rings is 1. The topological polar surface area (TPSA) is 18.5 Å². The average Bonchev–Trinajstić information content (AvgIpc) is 2.64. The normalized spacial score (nSPS) is 22.2. The molecule has 5 heteroatoms. The molecule has 1 atom stereocenters. The van der Waals surface area contributed by atoms with Gasteiger partial charge < -0.3 is 9.47 Å². The van der Waals surface area contributed by atoms with Crippen LogP contribution in [0.5, 0.6) is 5.75 Å². The first-order chi connectivity index (χ1) is 12.4. The highest BCUT2D eigenvalue weighted by atomic mass is 19.4. The Morgan fingerprint density at radius 3 is 2.19 bits per heavy atom. The molecule has 1 fully saturated rings. The van der Waals surface area contributed by atoms with Gasteiger partial charge in [-0.15, -0.1) is 0 Å². The average molecular weight is 372 g/mol. The molecular formula is C21H31F3O2. The van der Waals surface area contributed by atoms with E-state index in [0.717, 1.165) is 11.7 Å². The van der Waals surface area contributed by atoms with Gasteiger partial charge in [0.2, 0.25) is 0 Å². The highest BCUT2D eigenvalue weighted by Gasteiger charge is 2.38. The minimum Gasteiger partial charge on any atom is -0.493 e. The summed E-state index contributed by atoms with van der Waals surface area (Å²) >= 11 is 0. The molecule has 2 nitrogen and oxygen atoms in total. The maximum atomic E-state index is 13.1. The molecule has 0 bridgehead atoms. The Kier molecular flexibility index (Phi) is 8.26. The van der Waals surface area contributed by atoms with Gasteiger partial charge in [0, 0.05) is 13.7 Å². The highest BCUT2D eigenvalue weighted by molar-refractivity contribution is 5.27. The molecule has 1 aromatic rings. The molecule has 1 saturated carbocycles. The molecule has 26 heavy (non-hydrogen) atoms. The lowest BCUT2D eigenvalue weighted by Gasteiger charge is -2.27. The van der Waals surface area contributed by atoms with Crippen molar-refractivity contribution >= 4 is 0 Å². The summed E-state index contributed by atoms with van der Waals surface area (Å²) in [5.41, 5.74) is 0.680. The molecule has 1 aromatic carbocycles. The monoisotopic (exact) mass is 372 g/mol. The standard InChI is InChI=1S/C21H31F3O2/c1-3-16-4-6-18(7-5-16)15-26-20-10-8-17(9-11-20)14-19(12-13-25-2)21(22,23)24/h8-11,16,18-19H,3-7,12-15H2,1-2H3. The zero-order valence-corrected chi connectivity index (χ0v) is 15.9. The fraction of sp³-hybridized carbons (Fsp3) is 0.714. The molecule has 0 aliphatic heterocycles. The van der Waals surface area contributed by atoms with Crippen molar-refractivity contribution in [3.63, 3.8) is 0 Å². The number of alkyl halides is 3. The molecule has 0 spiro atoms. The van der Waals surface area contributed by atoms with Crippen LogP contribution in [-0.2, 0) is 11.2 Å². The first kappa shape index (κ1) is 21.1. The molecule has 1 aliphatic rings. The Morgan fingerprint density at radius 2 is 1.65 bits per heavy atom. The summed E-state index contributed by atoms with van der Waals surface area (Å²) in [6, 6.07) is 7.07. The lowest BCUT2D eigenvalue weighted by atomic mass is 9.81. The van der Waals surface area contributed by atoms with Crippen molar-refractivity contribution in [3.8, 4) is 5.75 Å². The van der Waals surface area contributed by atoms with E-state index >= 15 is 0 Å². The predicted octanol–water partition coefficient (Wildman–Crippen LogP) is 6.04. The number of halogens is 3. The van der Waals surface area contributed by atoms with E-state index in [1.54, 1.807) is 24.3 Å². The Hall–Kier alpha value is -1.23. The van der Waals surface area contributed by atoms with Gasteiger partial charge in [-0.2, -0.15) is 13.2 Å². The maximum Gasteiger partial charge on any atom is 0.392 e. The minimum atomic E-state index is -4.20. The van der Waals surface area contributed by atoms with Crippen molar-refractivity contribution < 1.29 is 22.6 Å². The zero-order chi connectivity index (χ0) is 19.0. The summed E-state index contributed by atoms with van der Waals surface area (Å²) in [6.07, 6.45) is 2.01. The van der Waals surface area contributed by atoms with Gasteiger partial charge in [0.15, 0.2) is 0 Å². The van der Waals surface area contributed by atoms with Crippen LogP contribution in [0.4, 0.5) is 13.2 Å². The van der Waals surface area contributed by atoms with Gasteiger partial charge >= 0.3 is 6.18 Å². The maximum absolute atomic E-state index is 13.1. The molecule has 0 heterocycles. The second kappa shape index (κ2) is 10.2. The van der Waals surface area contributed by atoms with E-state index in [9.17, 15) is 13.2 Å². The Morgan fingerprint density at radius 1 is 1.04 bits per heavy atom. The van der Waals surface area contributed by atoms with Gasteiger partial charge in [-0.3, -0.25) is 0 Å². The molecule has 2 rings (SSSR count). The lowest BCUT2D eigenvalue weighted by molar-refractivity contribution is -0.178. The highest BCUT2D eigenvalue weighted by Crippen LogP contribution is 2.33. The van der Waals surface area contributed by atoms with Gasteiger partial charge in [0.05, 0.1) is 12.5 Å². The van der Waals surface area contributed by atoms with E-state index in [1.165, 1.54) is 39.2 Å². The third-order valence-corrected chi connectivity index (χ3v) is 5.57. The van der Waals surface area contributed by atoms with E-state index in [2.05, 4.69) is 6.92 Å². The SMILES string of the molecule is CCC1CCC(COc2ccc(CC(CCOC)C(F)(F)F)cc2)CC1. The molecule has 0 radical (unpaired) electrons. The van der Waals surface area contributed by atoms with Crippen molar-refractivity contribution in [1.29, 1.82) is 0 Å². The summed E-state index contributed by atoms with van der Waals surface area (Å²) in [4.78, 5) is 0. The smallest absolute Gasteiger partial charge is 0.392 e. The summed E-state index contributed by atoms with van der Waals surface area (Å²) in [7, 11) is 1.42. The van der Waals surface area contributed by atoms with Crippen molar-refractivity contribution in [3.05, 3.63) is 29.8 Å². The Balaban J connectivity index is 1.81. The Bertz CT molecular complexity index is 505. The Labute approximate surface area is 155 Å². The van der Waals surface area contributed by atoms with Crippen molar-refractivity contribution in [2.45, 2.75) is 58.0 Å². The number of ether oxygens (including phenoxy) is 2. The number of hydrogen-bond acceptors (Lipinski definition) is 2. The van der Waals surface area contributed by atoms with E-state index in [-0.39, 0.29) is 19.4 Å². The van der Waals surface area contributed by atoms with E-state index in [4.69, 9.17) is 9.47 Å². The molecule has 1 unspecified atom stereocenters. The molecule has 0 amide bonds. The van der Waals surface area contributed by atoms with Gasteiger partial charge in [-0.25, -0.2) is 0 Å².